The summed E-state index contributed by atoms with van der Waals surface area (Å²) in [6.45, 7) is 4.89. The molecule has 3 aromatic rings. The zero-order valence-corrected chi connectivity index (χ0v) is 14.5. The van der Waals surface area contributed by atoms with Crippen LogP contribution < -0.4 is 4.74 Å². The van der Waals surface area contributed by atoms with E-state index < -0.39 is 0 Å². The Morgan fingerprint density at radius 2 is 2.00 bits per heavy atom. The van der Waals surface area contributed by atoms with E-state index in [1.807, 2.05) is 43.6 Å². The van der Waals surface area contributed by atoms with Crippen LogP contribution in [-0.2, 0) is 6.54 Å². The number of nitrogens with zero attached hydrogens (tertiary/aromatic N) is 3. The molecule has 0 atom stereocenters. The number of aryl methyl sites for hydroxylation is 1. The predicted molar refractivity (Wildman–Crippen MR) is 95.5 cm³/mol. The molecule has 0 radical (unpaired) electrons. The number of ether oxygens (including phenoxy) is 1. The van der Waals surface area contributed by atoms with E-state index in [2.05, 4.69) is 22.0 Å². The van der Waals surface area contributed by atoms with Gasteiger partial charge in [-0.15, -0.1) is 0 Å². The molecule has 4 rings (SSSR count). The lowest BCUT2D eigenvalue weighted by molar-refractivity contribution is 0.137. The number of hydrogen-bond donors (Lipinski definition) is 0. The van der Waals surface area contributed by atoms with Gasteiger partial charge in [0.2, 0.25) is 5.89 Å². The molecule has 0 amide bonds. The molecule has 0 aliphatic carbocycles. The molecule has 1 fully saturated rings. The number of methoxy groups -OCH3 is 1. The summed E-state index contributed by atoms with van der Waals surface area (Å²) in [6.07, 6.45) is 3.72. The molecule has 5 nitrogen and oxygen atoms in total. The fourth-order valence-electron chi connectivity index (χ4n) is 3.21. The van der Waals surface area contributed by atoms with Crippen molar-refractivity contribution in [3.05, 3.63) is 65.8 Å². The SMILES string of the molecule is COc1cccc(-c2nc(CN3CC(c4ccncc4)C3)c(C)o2)c1. The first-order valence-corrected chi connectivity index (χ1v) is 8.46. The number of pyridine rings is 1. The monoisotopic (exact) mass is 335 g/mol. The van der Waals surface area contributed by atoms with Crippen molar-refractivity contribution in [2.24, 2.45) is 0 Å². The topological polar surface area (TPSA) is 51.4 Å². The lowest BCUT2D eigenvalue weighted by Gasteiger charge is -2.39. The maximum Gasteiger partial charge on any atom is 0.226 e. The highest BCUT2D eigenvalue weighted by Gasteiger charge is 2.29. The van der Waals surface area contributed by atoms with Crippen molar-refractivity contribution in [1.82, 2.24) is 14.9 Å². The summed E-state index contributed by atoms with van der Waals surface area (Å²) in [5, 5.41) is 0. The van der Waals surface area contributed by atoms with E-state index in [0.717, 1.165) is 42.4 Å². The van der Waals surface area contributed by atoms with Gasteiger partial charge in [0.15, 0.2) is 0 Å². The van der Waals surface area contributed by atoms with Crippen molar-refractivity contribution in [1.29, 1.82) is 0 Å². The molecule has 0 saturated carbocycles. The third-order valence-electron chi connectivity index (χ3n) is 4.72. The number of oxazole rings is 1. The molecule has 0 spiro atoms. The Morgan fingerprint density at radius 3 is 2.76 bits per heavy atom. The summed E-state index contributed by atoms with van der Waals surface area (Å²) in [6, 6.07) is 12.0. The molecule has 128 valence electrons. The van der Waals surface area contributed by atoms with E-state index in [0.29, 0.717) is 11.8 Å². The Labute approximate surface area is 147 Å². The van der Waals surface area contributed by atoms with Gasteiger partial charge in [0.05, 0.1) is 12.8 Å². The first-order chi connectivity index (χ1) is 12.2. The average Bonchev–Trinajstić information content (AvgIpc) is 2.99. The normalized spacial score (nSPS) is 15.1. The van der Waals surface area contributed by atoms with Gasteiger partial charge in [0.25, 0.3) is 0 Å². The Balaban J connectivity index is 1.43. The molecule has 1 saturated heterocycles. The van der Waals surface area contributed by atoms with Gasteiger partial charge in [-0.05, 0) is 42.8 Å². The summed E-state index contributed by atoms with van der Waals surface area (Å²) in [7, 11) is 1.66. The second-order valence-electron chi connectivity index (χ2n) is 6.43. The van der Waals surface area contributed by atoms with Crippen molar-refractivity contribution in [3.63, 3.8) is 0 Å². The second kappa shape index (κ2) is 6.69. The van der Waals surface area contributed by atoms with Crippen LogP contribution in [0.5, 0.6) is 5.75 Å². The number of rotatable bonds is 5. The zero-order chi connectivity index (χ0) is 17.2. The van der Waals surface area contributed by atoms with Gasteiger partial charge >= 0.3 is 0 Å². The highest BCUT2D eigenvalue weighted by Crippen LogP contribution is 2.30. The van der Waals surface area contributed by atoms with Gasteiger partial charge in [-0.1, -0.05) is 6.07 Å². The Kier molecular flexibility index (Phi) is 4.24. The smallest absolute Gasteiger partial charge is 0.226 e. The summed E-state index contributed by atoms with van der Waals surface area (Å²) >= 11 is 0. The van der Waals surface area contributed by atoms with Crippen LogP contribution in [0.4, 0.5) is 0 Å². The molecular formula is C20H21N3O2. The highest BCUT2D eigenvalue weighted by atomic mass is 16.5. The predicted octanol–water partition coefficient (Wildman–Crippen LogP) is 3.65. The average molecular weight is 335 g/mol. The summed E-state index contributed by atoms with van der Waals surface area (Å²) < 4.78 is 11.2. The quantitative estimate of drug-likeness (QED) is 0.712. The van der Waals surface area contributed by atoms with Crippen LogP contribution in [-0.4, -0.2) is 35.1 Å². The van der Waals surface area contributed by atoms with Crippen LogP contribution in [0.15, 0.2) is 53.2 Å². The fourth-order valence-corrected chi connectivity index (χ4v) is 3.21. The minimum Gasteiger partial charge on any atom is -0.497 e. The maximum atomic E-state index is 5.88. The van der Waals surface area contributed by atoms with Gasteiger partial charge in [0.1, 0.15) is 11.5 Å². The second-order valence-corrected chi connectivity index (χ2v) is 6.43. The van der Waals surface area contributed by atoms with Crippen molar-refractivity contribution < 1.29 is 9.15 Å². The van der Waals surface area contributed by atoms with Crippen molar-refractivity contribution >= 4 is 0 Å². The van der Waals surface area contributed by atoms with Crippen LogP contribution in [0, 0.1) is 6.92 Å². The van der Waals surface area contributed by atoms with Crippen LogP contribution in [0.3, 0.4) is 0 Å². The van der Waals surface area contributed by atoms with Crippen LogP contribution in [0.2, 0.25) is 0 Å². The Bertz CT molecular complexity index is 854. The lowest BCUT2D eigenvalue weighted by Crippen LogP contribution is -2.44. The van der Waals surface area contributed by atoms with Gasteiger partial charge < -0.3 is 9.15 Å². The van der Waals surface area contributed by atoms with E-state index in [-0.39, 0.29) is 0 Å². The van der Waals surface area contributed by atoms with Crippen LogP contribution in [0.1, 0.15) is 22.9 Å². The molecule has 2 aromatic heterocycles. The van der Waals surface area contributed by atoms with Crippen LogP contribution in [0.25, 0.3) is 11.5 Å². The summed E-state index contributed by atoms with van der Waals surface area (Å²) in [5.74, 6) is 2.92. The van der Waals surface area contributed by atoms with Gasteiger partial charge in [-0.2, -0.15) is 0 Å². The van der Waals surface area contributed by atoms with Crippen molar-refractivity contribution in [2.45, 2.75) is 19.4 Å². The lowest BCUT2D eigenvalue weighted by atomic mass is 9.92. The number of benzene rings is 1. The van der Waals surface area contributed by atoms with Gasteiger partial charge in [0, 0.05) is 43.5 Å². The van der Waals surface area contributed by atoms with Crippen molar-refractivity contribution in [3.8, 4) is 17.2 Å². The standard InChI is InChI=1S/C20H21N3O2/c1-14-19(13-23-11-17(12-23)15-6-8-21-9-7-15)22-20(25-14)16-4-3-5-18(10-16)24-2/h3-10,17H,11-13H2,1-2H3. The molecule has 0 bridgehead atoms. The minimum absolute atomic E-state index is 0.591. The third kappa shape index (κ3) is 3.28. The summed E-state index contributed by atoms with van der Waals surface area (Å²) in [5.41, 5.74) is 3.30. The fraction of sp³-hybridized carbons (Fsp3) is 0.300. The third-order valence-corrected chi connectivity index (χ3v) is 4.72. The molecule has 0 N–H and O–H groups in total. The number of aromatic nitrogens is 2. The number of hydrogen-bond acceptors (Lipinski definition) is 5. The summed E-state index contributed by atoms with van der Waals surface area (Å²) in [4.78, 5) is 11.2. The molecule has 3 heterocycles. The van der Waals surface area contributed by atoms with Gasteiger partial charge in [-0.3, -0.25) is 9.88 Å². The number of likely N-dealkylation sites (tertiary alicyclic amines) is 1. The van der Waals surface area contributed by atoms with E-state index >= 15 is 0 Å². The molecule has 1 aliphatic heterocycles. The van der Waals surface area contributed by atoms with E-state index in [9.17, 15) is 0 Å². The first kappa shape index (κ1) is 15.8. The molecular weight excluding hydrogens is 314 g/mol. The van der Waals surface area contributed by atoms with Gasteiger partial charge in [-0.25, -0.2) is 4.98 Å². The zero-order valence-electron chi connectivity index (χ0n) is 14.5. The molecule has 1 aromatic carbocycles. The Morgan fingerprint density at radius 1 is 1.20 bits per heavy atom. The van der Waals surface area contributed by atoms with Crippen LogP contribution >= 0.6 is 0 Å². The maximum absolute atomic E-state index is 5.88. The largest absolute Gasteiger partial charge is 0.497 e. The molecule has 5 heteroatoms. The molecule has 1 aliphatic rings. The Hall–Kier alpha value is -2.66. The minimum atomic E-state index is 0.591. The van der Waals surface area contributed by atoms with E-state index in [1.54, 1.807) is 7.11 Å². The van der Waals surface area contributed by atoms with E-state index in [4.69, 9.17) is 14.1 Å². The van der Waals surface area contributed by atoms with Crippen molar-refractivity contribution in [2.75, 3.05) is 20.2 Å². The molecule has 25 heavy (non-hydrogen) atoms. The molecule has 0 unspecified atom stereocenters. The first-order valence-electron chi connectivity index (χ1n) is 8.46. The van der Waals surface area contributed by atoms with E-state index in [1.165, 1.54) is 5.56 Å². The highest BCUT2D eigenvalue weighted by molar-refractivity contribution is 5.56.